The van der Waals surface area contributed by atoms with Gasteiger partial charge < -0.3 is 5.32 Å². The fraction of sp³-hybridized carbons (Fsp3) is 0.312. The number of carbonyl (C=O) groups is 2. The molecule has 1 amide bonds. The first-order valence-corrected chi connectivity index (χ1v) is 8.80. The first kappa shape index (κ1) is 16.7. The lowest BCUT2D eigenvalue weighted by Crippen LogP contribution is -2.42. The Bertz CT molecular complexity index is 641. The van der Waals surface area contributed by atoms with Crippen molar-refractivity contribution in [3.63, 3.8) is 0 Å². The fourth-order valence-electron chi connectivity index (χ4n) is 1.91. The van der Waals surface area contributed by atoms with E-state index >= 15 is 0 Å². The van der Waals surface area contributed by atoms with Gasteiger partial charge in [-0.3, -0.25) is 9.59 Å². The molecule has 0 radical (unpaired) electrons. The lowest BCUT2D eigenvalue weighted by atomic mass is 10.0. The van der Waals surface area contributed by atoms with E-state index in [4.69, 9.17) is 0 Å². The van der Waals surface area contributed by atoms with Crippen LogP contribution >= 0.6 is 23.1 Å². The van der Waals surface area contributed by atoms with Crippen LogP contribution in [-0.2, 0) is 16.0 Å². The molecule has 1 N–H and O–H groups in total. The molecule has 0 bridgehead atoms. The summed E-state index contributed by atoms with van der Waals surface area (Å²) in [6, 6.07) is 9.21. The van der Waals surface area contributed by atoms with Gasteiger partial charge in [0.1, 0.15) is 0 Å². The molecule has 2 aromatic rings. The van der Waals surface area contributed by atoms with Crippen LogP contribution in [0.15, 0.2) is 40.1 Å². The number of hydrogen-bond donors (Lipinski definition) is 1. The summed E-state index contributed by atoms with van der Waals surface area (Å²) in [5, 5.41) is 4.76. The number of amides is 1. The Morgan fingerprint density at radius 1 is 1.32 bits per heavy atom. The smallest absolute Gasteiger partial charge is 0.231 e. The Kier molecular flexibility index (Phi) is 6.15. The van der Waals surface area contributed by atoms with Gasteiger partial charge in [0.15, 0.2) is 10.1 Å². The van der Waals surface area contributed by atoms with Crippen molar-refractivity contribution in [2.24, 2.45) is 0 Å². The van der Waals surface area contributed by atoms with Gasteiger partial charge in [0, 0.05) is 11.1 Å². The van der Waals surface area contributed by atoms with Gasteiger partial charge in [0.05, 0.1) is 11.8 Å². The predicted octanol–water partition coefficient (Wildman–Crippen LogP) is 2.86. The molecule has 2 rings (SSSR count). The van der Waals surface area contributed by atoms with Gasteiger partial charge in [-0.05, 0) is 25.8 Å². The molecule has 116 valence electrons. The number of rotatable bonds is 7. The minimum Gasteiger partial charge on any atom is -0.345 e. The zero-order valence-electron chi connectivity index (χ0n) is 12.5. The molecule has 1 aromatic heterocycles. The monoisotopic (exact) mass is 334 g/mol. The Labute approximate surface area is 138 Å². The highest BCUT2D eigenvalue weighted by Crippen LogP contribution is 2.21. The van der Waals surface area contributed by atoms with Crippen LogP contribution in [0, 0.1) is 6.92 Å². The van der Waals surface area contributed by atoms with Crippen LogP contribution in [-0.4, -0.2) is 28.5 Å². The number of Topliss-reactive ketones (excluding diaryl/α,β-unsaturated/α-hetero) is 1. The molecule has 1 aromatic carbocycles. The molecule has 0 aliphatic heterocycles. The molecule has 0 aliphatic carbocycles. The van der Waals surface area contributed by atoms with Crippen molar-refractivity contribution < 1.29 is 9.59 Å². The average Bonchev–Trinajstić information content (AvgIpc) is 2.91. The summed E-state index contributed by atoms with van der Waals surface area (Å²) in [5.41, 5.74) is 1.99. The van der Waals surface area contributed by atoms with Crippen molar-refractivity contribution >= 4 is 34.8 Å². The third-order valence-corrected chi connectivity index (χ3v) is 5.17. The minimum absolute atomic E-state index is 0.0349. The van der Waals surface area contributed by atoms with Gasteiger partial charge in [-0.2, -0.15) is 0 Å². The van der Waals surface area contributed by atoms with E-state index in [9.17, 15) is 9.59 Å². The summed E-state index contributed by atoms with van der Waals surface area (Å²) < 4.78 is 0.870. The van der Waals surface area contributed by atoms with Crippen molar-refractivity contribution in [1.29, 1.82) is 0 Å². The van der Waals surface area contributed by atoms with Gasteiger partial charge in [0.25, 0.3) is 0 Å². The number of nitrogens with zero attached hydrogens (tertiary/aromatic N) is 1. The zero-order valence-corrected chi connectivity index (χ0v) is 14.2. The molecule has 0 saturated carbocycles. The van der Waals surface area contributed by atoms with E-state index in [1.165, 1.54) is 30.0 Å². The normalized spacial score (nSPS) is 11.9. The maximum Gasteiger partial charge on any atom is 0.231 e. The Balaban J connectivity index is 1.87. The van der Waals surface area contributed by atoms with Crippen LogP contribution in [0.2, 0.25) is 0 Å². The number of hydrogen-bond acceptors (Lipinski definition) is 5. The highest BCUT2D eigenvalue weighted by atomic mass is 32.2. The number of benzene rings is 1. The van der Waals surface area contributed by atoms with Crippen LogP contribution in [0.25, 0.3) is 0 Å². The number of aryl methyl sites for hydroxylation is 1. The maximum atomic E-state index is 12.0. The highest BCUT2D eigenvalue weighted by molar-refractivity contribution is 8.01. The number of thiazole rings is 1. The molecule has 0 unspecified atom stereocenters. The summed E-state index contributed by atoms with van der Waals surface area (Å²) in [5.74, 6) is 0.0900. The van der Waals surface area contributed by atoms with Gasteiger partial charge in [0.2, 0.25) is 5.91 Å². The van der Waals surface area contributed by atoms with Gasteiger partial charge >= 0.3 is 0 Å². The van der Waals surface area contributed by atoms with E-state index in [2.05, 4.69) is 10.3 Å². The van der Waals surface area contributed by atoms with Crippen LogP contribution in [0.4, 0.5) is 0 Å². The first-order chi connectivity index (χ1) is 10.5. The summed E-state index contributed by atoms with van der Waals surface area (Å²) in [7, 11) is 0. The van der Waals surface area contributed by atoms with Crippen molar-refractivity contribution in [3.05, 3.63) is 47.0 Å². The van der Waals surface area contributed by atoms with Crippen molar-refractivity contribution in [2.75, 3.05) is 5.75 Å². The van der Waals surface area contributed by atoms with Crippen molar-refractivity contribution in [3.8, 4) is 0 Å². The molecule has 0 aliphatic rings. The predicted molar refractivity (Wildman–Crippen MR) is 90.3 cm³/mol. The van der Waals surface area contributed by atoms with E-state index in [1.54, 1.807) is 0 Å². The molecule has 1 atom stereocenters. The third-order valence-electron chi connectivity index (χ3n) is 3.03. The number of ketones is 1. The second-order valence-electron chi connectivity index (χ2n) is 4.96. The summed E-state index contributed by atoms with van der Waals surface area (Å²) in [6.07, 6.45) is 0.517. The van der Waals surface area contributed by atoms with Crippen LogP contribution in [0.1, 0.15) is 18.2 Å². The van der Waals surface area contributed by atoms with E-state index in [0.29, 0.717) is 6.42 Å². The second-order valence-corrected chi connectivity index (χ2v) is 7.04. The number of thioether (sulfide) groups is 1. The number of aromatic nitrogens is 1. The quantitative estimate of drug-likeness (QED) is 0.791. The summed E-state index contributed by atoms with van der Waals surface area (Å²) >= 11 is 2.92. The second kappa shape index (κ2) is 8.10. The standard InChI is InChI=1S/C16H18N2O2S2/c1-11-9-21-16(17-11)22-10-15(20)18-14(12(2)19)8-13-6-4-3-5-7-13/h3-7,9,14H,8,10H2,1-2H3,(H,18,20)/t14-/m1/s1. The molecule has 0 spiro atoms. The molecule has 0 saturated heterocycles. The fourth-order valence-corrected chi connectivity index (χ4v) is 3.57. The number of nitrogens with one attached hydrogen (secondary N) is 1. The lowest BCUT2D eigenvalue weighted by Gasteiger charge is -2.15. The average molecular weight is 334 g/mol. The molecule has 6 heteroatoms. The maximum absolute atomic E-state index is 12.0. The Morgan fingerprint density at radius 2 is 2.05 bits per heavy atom. The van der Waals surface area contributed by atoms with Crippen molar-refractivity contribution in [2.45, 2.75) is 30.6 Å². The molecular weight excluding hydrogens is 316 g/mol. The summed E-state index contributed by atoms with van der Waals surface area (Å²) in [4.78, 5) is 28.0. The van der Waals surface area contributed by atoms with Crippen LogP contribution in [0.3, 0.4) is 0 Å². The van der Waals surface area contributed by atoms with E-state index < -0.39 is 6.04 Å². The topological polar surface area (TPSA) is 59.1 Å². The Morgan fingerprint density at radius 3 is 2.64 bits per heavy atom. The van der Waals surface area contributed by atoms with Crippen LogP contribution < -0.4 is 5.32 Å². The molecule has 22 heavy (non-hydrogen) atoms. The van der Waals surface area contributed by atoms with E-state index in [0.717, 1.165) is 15.6 Å². The zero-order chi connectivity index (χ0) is 15.9. The largest absolute Gasteiger partial charge is 0.345 e. The first-order valence-electron chi connectivity index (χ1n) is 6.93. The Hall–Kier alpha value is -1.66. The number of carbonyl (C=O) groups excluding carboxylic acids is 2. The lowest BCUT2D eigenvalue weighted by molar-refractivity contribution is -0.125. The molecule has 1 heterocycles. The van der Waals surface area contributed by atoms with Crippen molar-refractivity contribution in [1.82, 2.24) is 10.3 Å². The molecule has 4 nitrogen and oxygen atoms in total. The van der Waals surface area contributed by atoms with Gasteiger partial charge in [-0.1, -0.05) is 42.1 Å². The minimum atomic E-state index is -0.478. The van der Waals surface area contributed by atoms with Gasteiger partial charge in [-0.15, -0.1) is 11.3 Å². The third kappa shape index (κ3) is 5.27. The van der Waals surface area contributed by atoms with Gasteiger partial charge in [-0.25, -0.2) is 4.98 Å². The van der Waals surface area contributed by atoms with Crippen LogP contribution in [0.5, 0.6) is 0 Å². The SMILES string of the molecule is CC(=O)[C@@H](Cc1ccccc1)NC(=O)CSc1nc(C)cs1. The van der Waals surface area contributed by atoms with E-state index in [-0.39, 0.29) is 17.4 Å². The molecule has 0 fully saturated rings. The summed E-state index contributed by atoms with van der Waals surface area (Å²) in [6.45, 7) is 3.43. The highest BCUT2D eigenvalue weighted by Gasteiger charge is 2.17. The molecular formula is C16H18N2O2S2. The van der Waals surface area contributed by atoms with E-state index in [1.807, 2.05) is 42.6 Å².